The van der Waals surface area contributed by atoms with E-state index in [0.717, 1.165) is 13.8 Å². The average Bonchev–Trinajstić information content (AvgIpc) is 3.23. The summed E-state index contributed by atoms with van der Waals surface area (Å²) in [7, 11) is -0.202. The van der Waals surface area contributed by atoms with Crippen LogP contribution in [0.5, 0.6) is 0 Å². The fourth-order valence-electron chi connectivity index (χ4n) is 4.59. The van der Waals surface area contributed by atoms with Crippen LogP contribution in [-0.4, -0.2) is 42.8 Å². The molecule has 226 valence electrons. The van der Waals surface area contributed by atoms with E-state index in [1.165, 1.54) is 0 Å². The molecule has 0 aromatic heterocycles. The van der Waals surface area contributed by atoms with Crippen LogP contribution in [-0.2, 0) is 47.1 Å². The Morgan fingerprint density at radius 1 is 0.526 bits per heavy atom. The van der Waals surface area contributed by atoms with E-state index in [2.05, 4.69) is 132 Å². The third-order valence-corrected chi connectivity index (χ3v) is 11.5. The molecule has 8 heteroatoms. The standard InChI is InChI=1S/2C13H22P.2C2H4O2.Fe.Pd/c2*1-12(2,3)14(13(4,5)6)11-9-7-8-10-11;2*1-2(3)4;;/h2*7-10H,1-6H3;2*1H3,(H,3,4);;/q2*-1;;;;. The molecule has 0 aliphatic rings. The maximum Gasteiger partial charge on any atom is 0.300 e. The largest absolute Gasteiger partial charge is 0.481 e. The molecule has 0 aliphatic carbocycles. The third kappa shape index (κ3) is 20.6. The topological polar surface area (TPSA) is 74.6 Å². The molecule has 2 N–H and O–H groups in total. The van der Waals surface area contributed by atoms with Gasteiger partial charge in [0.05, 0.1) is 0 Å². The fourth-order valence-corrected chi connectivity index (χ4v) is 12.7. The minimum Gasteiger partial charge on any atom is -0.481 e. The van der Waals surface area contributed by atoms with Crippen molar-refractivity contribution in [3.8, 4) is 0 Å². The molecule has 38 heavy (non-hydrogen) atoms. The summed E-state index contributed by atoms with van der Waals surface area (Å²) < 4.78 is 0. The first-order valence-corrected chi connectivity index (χ1v) is 15.0. The molecule has 0 amide bonds. The van der Waals surface area contributed by atoms with Crippen LogP contribution >= 0.6 is 15.8 Å². The van der Waals surface area contributed by atoms with Crippen LogP contribution in [0, 0.1) is 0 Å². The van der Waals surface area contributed by atoms with Gasteiger partial charge in [0, 0.05) is 51.3 Å². The zero-order chi connectivity index (χ0) is 29.1. The quantitative estimate of drug-likeness (QED) is 0.188. The van der Waals surface area contributed by atoms with Crippen molar-refractivity contribution in [2.75, 3.05) is 0 Å². The molecule has 0 saturated carbocycles. The molecule has 2 rings (SSSR count). The Bertz CT molecular complexity index is 757. The van der Waals surface area contributed by atoms with Gasteiger partial charge in [-0.25, -0.2) is 24.3 Å². The van der Waals surface area contributed by atoms with Crippen LogP contribution in [0.3, 0.4) is 0 Å². The Kier molecular flexibility index (Phi) is 22.3. The maximum atomic E-state index is 9.00. The molecule has 0 saturated heterocycles. The molecule has 0 aliphatic heterocycles. The summed E-state index contributed by atoms with van der Waals surface area (Å²) in [6.45, 7) is 30.5. The summed E-state index contributed by atoms with van der Waals surface area (Å²) in [6.07, 6.45) is 0. The molecular weight excluding hydrogens is 649 g/mol. The Morgan fingerprint density at radius 3 is 0.763 bits per heavy atom. The number of carboxylic acid groups (broad SMARTS) is 2. The van der Waals surface area contributed by atoms with Crippen molar-refractivity contribution >= 4 is 38.4 Å². The predicted molar refractivity (Wildman–Crippen MR) is 163 cm³/mol. The summed E-state index contributed by atoms with van der Waals surface area (Å²) in [5.74, 6) is -1.67. The van der Waals surface area contributed by atoms with Gasteiger partial charge in [-0.2, -0.15) is 24.3 Å². The molecule has 2 aromatic carbocycles. The van der Waals surface area contributed by atoms with Crippen LogP contribution < -0.4 is 10.6 Å². The average molecular weight is 701 g/mol. The minimum atomic E-state index is -0.833. The van der Waals surface area contributed by atoms with Crippen LogP contribution in [0.15, 0.2) is 48.5 Å². The van der Waals surface area contributed by atoms with Gasteiger partial charge in [0.15, 0.2) is 0 Å². The van der Waals surface area contributed by atoms with E-state index in [4.69, 9.17) is 19.8 Å². The molecular formula is C30H52FeO4P2Pd-2. The second-order valence-electron chi connectivity index (χ2n) is 12.7. The number of carboxylic acids is 2. The number of carbonyl (C=O) groups is 2. The SMILES string of the molecule is CC(=O)O.CC(=O)O.CC(C)(C)P([c-]1cccc1)C(C)(C)C.CC(C)(C)P([c-]1cccc1)C(C)(C)C.[Fe].[Pd]. The first-order valence-electron chi connectivity index (χ1n) is 12.4. The van der Waals surface area contributed by atoms with Gasteiger partial charge in [-0.15, -0.1) is 26.5 Å². The minimum absolute atomic E-state index is 0. The first-order chi connectivity index (χ1) is 15.9. The Hall–Kier alpha value is -0.318. The summed E-state index contributed by atoms with van der Waals surface area (Å²) in [6, 6.07) is 17.7. The van der Waals surface area contributed by atoms with Crippen molar-refractivity contribution in [2.45, 2.75) is 118 Å². The van der Waals surface area contributed by atoms with E-state index in [0.29, 0.717) is 20.6 Å². The smallest absolute Gasteiger partial charge is 0.300 e. The monoisotopic (exact) mass is 700 g/mol. The van der Waals surface area contributed by atoms with Crippen molar-refractivity contribution in [3.63, 3.8) is 0 Å². The molecule has 0 bridgehead atoms. The van der Waals surface area contributed by atoms with E-state index in [-0.39, 0.29) is 53.3 Å². The molecule has 0 unspecified atom stereocenters. The van der Waals surface area contributed by atoms with Gasteiger partial charge in [-0.3, -0.25) is 9.59 Å². The number of aliphatic carboxylic acids is 2. The van der Waals surface area contributed by atoms with Gasteiger partial charge in [0.25, 0.3) is 11.9 Å². The van der Waals surface area contributed by atoms with Gasteiger partial charge in [-0.05, 0) is 20.6 Å². The zero-order valence-electron chi connectivity index (χ0n) is 25.9. The maximum absolute atomic E-state index is 9.00. The Balaban J connectivity index is -0.000000228. The van der Waals surface area contributed by atoms with Crippen molar-refractivity contribution < 1.29 is 57.3 Å². The number of hydrogen-bond acceptors (Lipinski definition) is 2. The molecule has 0 heterocycles. The molecule has 0 atom stereocenters. The van der Waals surface area contributed by atoms with Gasteiger partial charge >= 0.3 is 0 Å². The third-order valence-electron chi connectivity index (χ3n) is 4.49. The van der Waals surface area contributed by atoms with E-state index in [9.17, 15) is 0 Å². The summed E-state index contributed by atoms with van der Waals surface area (Å²) in [4.78, 5) is 18.0. The van der Waals surface area contributed by atoms with Crippen LogP contribution in [0.2, 0.25) is 0 Å². The molecule has 2 aromatic rings. The summed E-state index contributed by atoms with van der Waals surface area (Å²) >= 11 is 0. The van der Waals surface area contributed by atoms with Gasteiger partial charge in [0.2, 0.25) is 0 Å². The number of hydrogen-bond donors (Lipinski definition) is 2. The van der Waals surface area contributed by atoms with Crippen molar-refractivity contribution in [1.82, 2.24) is 0 Å². The molecule has 0 fully saturated rings. The predicted octanol–water partition coefficient (Wildman–Crippen LogP) is 8.40. The zero-order valence-corrected chi connectivity index (χ0v) is 30.3. The van der Waals surface area contributed by atoms with Crippen LogP contribution in [0.25, 0.3) is 0 Å². The number of rotatable bonds is 2. The van der Waals surface area contributed by atoms with E-state index in [1.807, 2.05) is 0 Å². The van der Waals surface area contributed by atoms with E-state index in [1.54, 1.807) is 10.6 Å². The Labute approximate surface area is 260 Å². The normalized spacial score (nSPS) is 11.4. The van der Waals surface area contributed by atoms with Crippen molar-refractivity contribution in [1.29, 1.82) is 0 Å². The second kappa shape index (κ2) is 18.9. The van der Waals surface area contributed by atoms with Crippen LogP contribution in [0.1, 0.15) is 96.9 Å². The fraction of sp³-hybridized carbons (Fsp3) is 0.600. The van der Waals surface area contributed by atoms with Crippen molar-refractivity contribution in [2.24, 2.45) is 0 Å². The summed E-state index contributed by atoms with van der Waals surface area (Å²) in [5, 5.41) is 19.5. The molecule has 0 radical (unpaired) electrons. The van der Waals surface area contributed by atoms with E-state index >= 15 is 0 Å². The summed E-state index contributed by atoms with van der Waals surface area (Å²) in [5.41, 5.74) is 0. The van der Waals surface area contributed by atoms with E-state index < -0.39 is 11.9 Å². The van der Waals surface area contributed by atoms with Gasteiger partial charge in [0.1, 0.15) is 0 Å². The van der Waals surface area contributed by atoms with Crippen LogP contribution in [0.4, 0.5) is 0 Å². The second-order valence-corrected chi connectivity index (χ2v) is 20.4. The molecule has 4 nitrogen and oxygen atoms in total. The Morgan fingerprint density at radius 2 is 0.658 bits per heavy atom. The molecule has 0 spiro atoms. The van der Waals surface area contributed by atoms with Gasteiger partial charge in [-0.1, -0.05) is 83.1 Å². The first kappa shape index (κ1) is 44.7. The van der Waals surface area contributed by atoms with Gasteiger partial charge < -0.3 is 10.2 Å². The van der Waals surface area contributed by atoms with Crippen molar-refractivity contribution in [3.05, 3.63) is 48.5 Å².